The van der Waals surface area contributed by atoms with Crippen LogP contribution in [0.4, 0.5) is 0 Å². The van der Waals surface area contributed by atoms with Crippen LogP contribution in [0.15, 0.2) is 24.3 Å². The molecule has 0 amide bonds. The highest BCUT2D eigenvalue weighted by atomic mass is 16.5. The molecule has 184 valence electrons. The molecule has 0 saturated heterocycles. The van der Waals surface area contributed by atoms with E-state index in [9.17, 15) is 9.59 Å². The third-order valence-corrected chi connectivity index (χ3v) is 8.25. The van der Waals surface area contributed by atoms with Gasteiger partial charge in [0.25, 0.3) is 0 Å². The Kier molecular flexibility index (Phi) is 10.3. The van der Waals surface area contributed by atoms with Gasteiger partial charge in [0.2, 0.25) is 0 Å². The number of methoxy groups -OCH3 is 1. The molecule has 33 heavy (non-hydrogen) atoms. The number of carbonyl (C=O) groups excluding carboxylic acids is 2. The number of carbonyl (C=O) groups is 2. The number of hydrogen-bond acceptors (Lipinski definition) is 4. The van der Waals surface area contributed by atoms with Crippen LogP contribution in [0, 0.1) is 17.8 Å². The van der Waals surface area contributed by atoms with Gasteiger partial charge in [-0.1, -0.05) is 69.7 Å². The second-order valence-corrected chi connectivity index (χ2v) is 10.3. The molecule has 0 N–H and O–H groups in total. The second-order valence-electron chi connectivity index (χ2n) is 10.3. The lowest BCUT2D eigenvalue weighted by molar-refractivity contribution is -0.155. The lowest BCUT2D eigenvalue weighted by atomic mass is 9.68. The lowest BCUT2D eigenvalue weighted by Crippen LogP contribution is -2.26. The Morgan fingerprint density at radius 1 is 0.848 bits per heavy atom. The van der Waals surface area contributed by atoms with Crippen molar-refractivity contribution in [3.63, 3.8) is 0 Å². The Labute approximate surface area is 200 Å². The van der Waals surface area contributed by atoms with Crippen molar-refractivity contribution < 1.29 is 19.1 Å². The first-order chi connectivity index (χ1) is 16.1. The van der Waals surface area contributed by atoms with Gasteiger partial charge in [-0.05, 0) is 80.2 Å². The zero-order valence-corrected chi connectivity index (χ0v) is 21.0. The summed E-state index contributed by atoms with van der Waals surface area (Å²) in [5.74, 6) is 1.31. The molecule has 1 unspecified atom stereocenters. The maximum atomic E-state index is 12.3. The van der Waals surface area contributed by atoms with E-state index in [1.54, 1.807) is 6.92 Å². The Balaban J connectivity index is 1.50. The molecule has 0 spiro atoms. The van der Waals surface area contributed by atoms with Crippen LogP contribution in [0.25, 0.3) is 0 Å². The molecule has 0 bridgehead atoms. The Morgan fingerprint density at radius 3 is 2.00 bits per heavy atom. The number of unbranched alkanes of at least 4 members (excludes halogenated alkanes) is 2. The zero-order valence-electron chi connectivity index (χ0n) is 21.0. The third-order valence-electron chi connectivity index (χ3n) is 8.25. The monoisotopic (exact) mass is 456 g/mol. The lowest BCUT2D eigenvalue weighted by Gasteiger charge is -2.38. The highest BCUT2D eigenvalue weighted by Gasteiger charge is 2.33. The summed E-state index contributed by atoms with van der Waals surface area (Å²) in [6.07, 6.45) is 16.6. The van der Waals surface area contributed by atoms with Gasteiger partial charge in [-0.2, -0.15) is 0 Å². The molecule has 4 nitrogen and oxygen atoms in total. The fourth-order valence-corrected chi connectivity index (χ4v) is 6.23. The van der Waals surface area contributed by atoms with Gasteiger partial charge in [0.15, 0.2) is 5.92 Å². The van der Waals surface area contributed by atoms with Crippen LogP contribution in [0.2, 0.25) is 0 Å². The van der Waals surface area contributed by atoms with E-state index in [2.05, 4.69) is 19.1 Å². The molecular formula is C29H44O4. The summed E-state index contributed by atoms with van der Waals surface area (Å²) in [6.45, 7) is 4.28. The third kappa shape index (κ3) is 7.07. The van der Waals surface area contributed by atoms with Crippen LogP contribution < -0.4 is 0 Å². The molecule has 0 radical (unpaired) electrons. The van der Waals surface area contributed by atoms with Crippen molar-refractivity contribution in [1.29, 1.82) is 0 Å². The smallest absolute Gasteiger partial charge is 0.324 e. The Hall–Kier alpha value is -1.84. The van der Waals surface area contributed by atoms with E-state index < -0.39 is 17.9 Å². The first kappa shape index (κ1) is 25.8. The van der Waals surface area contributed by atoms with E-state index in [-0.39, 0.29) is 6.61 Å². The van der Waals surface area contributed by atoms with Crippen molar-refractivity contribution >= 4 is 11.9 Å². The minimum atomic E-state index is -1.00. The highest BCUT2D eigenvalue weighted by molar-refractivity contribution is 6.00. The van der Waals surface area contributed by atoms with E-state index in [0.29, 0.717) is 11.5 Å². The van der Waals surface area contributed by atoms with Gasteiger partial charge in [-0.15, -0.1) is 0 Å². The van der Waals surface area contributed by atoms with Crippen molar-refractivity contribution in [2.75, 3.05) is 13.7 Å². The molecule has 1 aromatic carbocycles. The SMILES string of the molecule is CCCCCC1CCC(C2CCC(c3ccc(C(C(=O)OC)C(=O)OCC)cc3)CC2)CC1. The summed E-state index contributed by atoms with van der Waals surface area (Å²) >= 11 is 0. The maximum Gasteiger partial charge on any atom is 0.324 e. The van der Waals surface area contributed by atoms with Gasteiger partial charge in [-0.25, -0.2) is 0 Å². The zero-order chi connectivity index (χ0) is 23.6. The Bertz CT molecular complexity index is 724. The molecule has 0 heterocycles. The van der Waals surface area contributed by atoms with Gasteiger partial charge < -0.3 is 9.47 Å². The summed E-state index contributed by atoms with van der Waals surface area (Å²) in [5, 5.41) is 0. The van der Waals surface area contributed by atoms with E-state index in [0.717, 1.165) is 17.8 Å². The molecule has 4 heteroatoms. The normalized spacial score (nSPS) is 26.4. The largest absolute Gasteiger partial charge is 0.468 e. The summed E-state index contributed by atoms with van der Waals surface area (Å²) in [5.41, 5.74) is 1.97. The predicted octanol–water partition coefficient (Wildman–Crippen LogP) is 7.17. The van der Waals surface area contributed by atoms with Crippen LogP contribution in [-0.4, -0.2) is 25.7 Å². The van der Waals surface area contributed by atoms with E-state index >= 15 is 0 Å². The van der Waals surface area contributed by atoms with Crippen LogP contribution in [-0.2, 0) is 19.1 Å². The van der Waals surface area contributed by atoms with Crippen molar-refractivity contribution in [3.05, 3.63) is 35.4 Å². The molecular weight excluding hydrogens is 412 g/mol. The quantitative estimate of drug-likeness (QED) is 0.213. The fourth-order valence-electron chi connectivity index (χ4n) is 6.23. The van der Waals surface area contributed by atoms with Crippen molar-refractivity contribution in [2.24, 2.45) is 17.8 Å². The minimum Gasteiger partial charge on any atom is -0.468 e. The number of esters is 2. The summed E-state index contributed by atoms with van der Waals surface area (Å²) < 4.78 is 9.93. The standard InChI is InChI=1S/C29H44O4/c1-4-6-7-8-21-9-11-22(12-10-21)23-13-15-24(16-14-23)25-17-19-26(20-18-25)27(28(30)32-3)29(31)33-5-2/h17-24,27H,4-16H2,1-3H3. The average molecular weight is 457 g/mol. The highest BCUT2D eigenvalue weighted by Crippen LogP contribution is 2.44. The van der Waals surface area contributed by atoms with Crippen LogP contribution >= 0.6 is 0 Å². The topological polar surface area (TPSA) is 52.6 Å². The summed E-state index contributed by atoms with van der Waals surface area (Å²) in [4.78, 5) is 24.4. The van der Waals surface area contributed by atoms with Crippen LogP contribution in [0.5, 0.6) is 0 Å². The Morgan fingerprint density at radius 2 is 1.45 bits per heavy atom. The average Bonchev–Trinajstić information content (AvgIpc) is 2.85. The molecule has 2 fully saturated rings. The molecule has 2 aliphatic rings. The van der Waals surface area contributed by atoms with Crippen molar-refractivity contribution in [1.82, 2.24) is 0 Å². The molecule has 0 aromatic heterocycles. The van der Waals surface area contributed by atoms with Crippen molar-refractivity contribution in [2.45, 2.75) is 103 Å². The van der Waals surface area contributed by atoms with Gasteiger partial charge in [-0.3, -0.25) is 9.59 Å². The van der Waals surface area contributed by atoms with E-state index in [4.69, 9.17) is 9.47 Å². The van der Waals surface area contributed by atoms with Gasteiger partial charge >= 0.3 is 11.9 Å². The fraction of sp³-hybridized carbons (Fsp3) is 0.724. The number of hydrogen-bond donors (Lipinski definition) is 0. The predicted molar refractivity (Wildman–Crippen MR) is 132 cm³/mol. The van der Waals surface area contributed by atoms with Crippen LogP contribution in [0.3, 0.4) is 0 Å². The molecule has 1 aromatic rings. The first-order valence-electron chi connectivity index (χ1n) is 13.4. The molecule has 0 aliphatic heterocycles. The molecule has 2 aliphatic carbocycles. The summed E-state index contributed by atoms with van der Waals surface area (Å²) in [7, 11) is 1.31. The number of rotatable bonds is 10. The van der Waals surface area contributed by atoms with E-state index in [1.165, 1.54) is 89.7 Å². The number of benzene rings is 1. The number of ether oxygens (including phenoxy) is 2. The minimum absolute atomic E-state index is 0.244. The molecule has 3 rings (SSSR count). The first-order valence-corrected chi connectivity index (χ1v) is 13.4. The van der Waals surface area contributed by atoms with Gasteiger partial charge in [0.05, 0.1) is 13.7 Å². The summed E-state index contributed by atoms with van der Waals surface area (Å²) in [6, 6.07) is 7.99. The maximum absolute atomic E-state index is 12.3. The second kappa shape index (κ2) is 13.2. The molecule has 2 saturated carbocycles. The van der Waals surface area contributed by atoms with Crippen molar-refractivity contribution in [3.8, 4) is 0 Å². The van der Waals surface area contributed by atoms with Gasteiger partial charge in [0, 0.05) is 0 Å². The van der Waals surface area contributed by atoms with E-state index in [1.807, 2.05) is 12.1 Å². The van der Waals surface area contributed by atoms with Gasteiger partial charge in [0.1, 0.15) is 0 Å². The van der Waals surface area contributed by atoms with Crippen LogP contribution in [0.1, 0.15) is 114 Å². The molecule has 1 atom stereocenters.